The van der Waals surface area contributed by atoms with Crippen LogP contribution >= 0.6 is 0 Å². The lowest BCUT2D eigenvalue weighted by Crippen LogP contribution is -2.30. The van der Waals surface area contributed by atoms with Crippen LogP contribution in [0.3, 0.4) is 0 Å². The molecule has 8 heteroatoms. The summed E-state index contributed by atoms with van der Waals surface area (Å²) in [4.78, 5) is 15.6. The lowest BCUT2D eigenvalue weighted by atomic mass is 9.89. The van der Waals surface area contributed by atoms with E-state index in [-0.39, 0.29) is 37.3 Å². The molecule has 0 aromatic heterocycles. The molecule has 1 aromatic rings. The number of diazo groups is 1. The van der Waals surface area contributed by atoms with E-state index in [0.717, 1.165) is 17.3 Å². The summed E-state index contributed by atoms with van der Waals surface area (Å²) >= 11 is 0. The van der Waals surface area contributed by atoms with Crippen LogP contribution < -0.4 is 0 Å². The maximum absolute atomic E-state index is 12.8. The molecule has 1 rings (SSSR count). The second-order valence-electron chi connectivity index (χ2n) is 7.47. The number of nitrogens with zero attached hydrogens (tertiary/aromatic N) is 2. The molecule has 0 spiro atoms. The fourth-order valence-electron chi connectivity index (χ4n) is 3.02. The number of rotatable bonds is 18. The number of hydrogen-bond acceptors (Lipinski definition) is 7. The van der Waals surface area contributed by atoms with Gasteiger partial charge in [0.1, 0.15) is 12.6 Å². The van der Waals surface area contributed by atoms with Crippen LogP contribution in [0, 0.1) is 11.3 Å². The first kappa shape index (κ1) is 27.5. The summed E-state index contributed by atoms with van der Waals surface area (Å²) in [7, 11) is 1.59. The largest absolute Gasteiger partial charge is 0.505 e. The van der Waals surface area contributed by atoms with Crippen molar-refractivity contribution in [3.05, 3.63) is 65.0 Å². The van der Waals surface area contributed by atoms with Gasteiger partial charge >= 0.3 is 6.20 Å². The molecule has 8 nitrogen and oxygen atoms in total. The van der Waals surface area contributed by atoms with E-state index in [4.69, 9.17) is 24.3 Å². The summed E-state index contributed by atoms with van der Waals surface area (Å²) in [5.41, 5.74) is 1.98. The third-order valence-corrected chi connectivity index (χ3v) is 4.89. The standard InChI is InChI=1S/C24H34N2O6/c1-19(16-31-17-21-7-5-4-6-8-21)9-11-23(20(2)32-18-30-14-13-29-3)24(28)12-10-22(27)15-26-25/h4-8,15,20,23H,1,9-14,16-18H2,2-3H3/p+1/b22-15+/t20-,23-/m1/s1. The number of allylic oxidation sites excluding steroid dienone is 1. The zero-order valence-corrected chi connectivity index (χ0v) is 19.1. The molecule has 0 unspecified atom stereocenters. The van der Waals surface area contributed by atoms with Crippen molar-refractivity contribution in [1.29, 1.82) is 5.39 Å². The Morgan fingerprint density at radius 2 is 1.94 bits per heavy atom. The van der Waals surface area contributed by atoms with Crippen LogP contribution in [0.5, 0.6) is 0 Å². The Kier molecular flexibility index (Phi) is 14.6. The zero-order valence-electron chi connectivity index (χ0n) is 19.1. The van der Waals surface area contributed by atoms with Gasteiger partial charge in [-0.2, -0.15) is 0 Å². The van der Waals surface area contributed by atoms with Gasteiger partial charge in [-0.05, 0) is 25.3 Å². The van der Waals surface area contributed by atoms with E-state index in [1.165, 1.54) is 0 Å². The second-order valence-corrected chi connectivity index (χ2v) is 7.47. The molecule has 0 saturated carbocycles. The van der Waals surface area contributed by atoms with Crippen molar-refractivity contribution < 1.29 is 28.8 Å². The molecular weight excluding hydrogens is 412 g/mol. The van der Waals surface area contributed by atoms with Crippen LogP contribution in [0.1, 0.15) is 38.2 Å². The van der Waals surface area contributed by atoms with Crippen LogP contribution in [-0.2, 0) is 30.3 Å². The van der Waals surface area contributed by atoms with Crippen molar-refractivity contribution in [3.8, 4) is 0 Å². The predicted octanol–water partition coefficient (Wildman–Crippen LogP) is 4.78. The fraction of sp³-hybridized carbons (Fsp3) is 0.542. The van der Waals surface area contributed by atoms with Crippen molar-refractivity contribution in [2.75, 3.05) is 33.7 Å². The average Bonchev–Trinajstić information content (AvgIpc) is 2.78. The molecule has 1 aromatic carbocycles. The van der Waals surface area contributed by atoms with E-state index >= 15 is 0 Å². The molecule has 0 bridgehead atoms. The molecule has 176 valence electrons. The number of Topliss-reactive ketones (excluding diaryl/α,β-unsaturated/α-hetero) is 1. The molecule has 0 saturated heterocycles. The Bertz CT molecular complexity index is 745. The summed E-state index contributed by atoms with van der Waals surface area (Å²) in [6.07, 6.45) is 1.89. The minimum absolute atomic E-state index is 0.0507. The zero-order chi connectivity index (χ0) is 23.6. The van der Waals surface area contributed by atoms with Crippen LogP contribution in [0.2, 0.25) is 0 Å². The molecular formula is C24H35N2O6+. The minimum atomic E-state index is -0.397. The summed E-state index contributed by atoms with van der Waals surface area (Å²) in [5.74, 6) is -0.606. The molecule has 1 N–H and O–H groups in total. The summed E-state index contributed by atoms with van der Waals surface area (Å²) < 4.78 is 21.7. The number of ketones is 1. The topological polar surface area (TPSA) is 102 Å². The normalized spacial score (nSPS) is 13.3. The molecule has 0 amide bonds. The molecule has 0 heterocycles. The van der Waals surface area contributed by atoms with Gasteiger partial charge in [-0.25, -0.2) is 0 Å². The van der Waals surface area contributed by atoms with Gasteiger partial charge in [-0.3, -0.25) is 4.79 Å². The first-order chi connectivity index (χ1) is 15.5. The van der Waals surface area contributed by atoms with Crippen molar-refractivity contribution in [2.45, 2.75) is 45.3 Å². The highest BCUT2D eigenvalue weighted by atomic mass is 16.7. The minimum Gasteiger partial charge on any atom is -0.505 e. The van der Waals surface area contributed by atoms with Crippen LogP contribution in [0.4, 0.5) is 0 Å². The Morgan fingerprint density at radius 3 is 2.62 bits per heavy atom. The highest BCUT2D eigenvalue weighted by molar-refractivity contribution is 5.81. The van der Waals surface area contributed by atoms with E-state index in [1.54, 1.807) is 7.11 Å². The van der Waals surface area contributed by atoms with Gasteiger partial charge in [-0.15, -0.1) is 0 Å². The molecule has 0 aliphatic heterocycles. The second kappa shape index (κ2) is 17.0. The average molecular weight is 448 g/mol. The predicted molar refractivity (Wildman–Crippen MR) is 121 cm³/mol. The number of aliphatic hydroxyl groups is 1. The monoisotopic (exact) mass is 447 g/mol. The molecule has 0 fully saturated rings. The summed E-state index contributed by atoms with van der Waals surface area (Å²) in [5, 5.41) is 18.1. The number of ether oxygens (including phenoxy) is 4. The fourth-order valence-corrected chi connectivity index (χ4v) is 3.02. The number of benzene rings is 1. The van der Waals surface area contributed by atoms with Crippen molar-refractivity contribution in [1.82, 2.24) is 0 Å². The number of hydrogen-bond donors (Lipinski definition) is 1. The summed E-state index contributed by atoms with van der Waals surface area (Å²) in [6, 6.07) is 9.88. The lowest BCUT2D eigenvalue weighted by Gasteiger charge is -2.23. The maximum atomic E-state index is 12.8. The van der Waals surface area contributed by atoms with E-state index in [2.05, 4.69) is 11.6 Å². The molecule has 2 atom stereocenters. The highest BCUT2D eigenvalue weighted by Crippen LogP contribution is 2.22. The quantitative estimate of drug-likeness (QED) is 0.114. The SMILES string of the molecule is C=C(CC[C@@H](C(=O)CC/C(O)=C\[N+]#N)[C@@H](C)OCOCCOC)COCc1ccccc1. The third kappa shape index (κ3) is 12.3. The van der Waals surface area contributed by atoms with Gasteiger partial charge in [0.05, 0.1) is 32.5 Å². The Hall–Kier alpha value is -2.57. The van der Waals surface area contributed by atoms with E-state index < -0.39 is 5.92 Å². The lowest BCUT2D eigenvalue weighted by molar-refractivity contribution is -0.137. The van der Waals surface area contributed by atoms with Crippen LogP contribution in [0.15, 0.2) is 54.4 Å². The van der Waals surface area contributed by atoms with Crippen LogP contribution in [-0.4, -0.2) is 50.7 Å². The highest BCUT2D eigenvalue weighted by Gasteiger charge is 2.26. The van der Waals surface area contributed by atoms with Crippen molar-refractivity contribution >= 4 is 5.78 Å². The Morgan fingerprint density at radius 1 is 1.19 bits per heavy atom. The first-order valence-electron chi connectivity index (χ1n) is 10.7. The van der Waals surface area contributed by atoms with Gasteiger partial charge < -0.3 is 24.1 Å². The number of carbonyl (C=O) groups excluding carboxylic acids is 1. The maximum Gasteiger partial charge on any atom is 0.387 e. The number of aliphatic hydroxyl groups excluding tert-OH is 1. The molecule has 0 aliphatic rings. The van der Waals surface area contributed by atoms with Gasteiger partial charge in [-0.1, -0.05) is 42.5 Å². The van der Waals surface area contributed by atoms with Crippen LogP contribution in [0.25, 0.3) is 4.98 Å². The van der Waals surface area contributed by atoms with E-state index in [9.17, 15) is 9.90 Å². The molecule has 0 radical (unpaired) electrons. The summed E-state index contributed by atoms with van der Waals surface area (Å²) in [6.45, 7) is 7.73. The number of methoxy groups -OCH3 is 1. The third-order valence-electron chi connectivity index (χ3n) is 4.89. The van der Waals surface area contributed by atoms with E-state index in [1.807, 2.05) is 37.3 Å². The van der Waals surface area contributed by atoms with Crippen molar-refractivity contribution in [3.63, 3.8) is 0 Å². The van der Waals surface area contributed by atoms with Gasteiger partial charge in [0.2, 0.25) is 5.39 Å². The van der Waals surface area contributed by atoms with Crippen molar-refractivity contribution in [2.24, 2.45) is 5.92 Å². The first-order valence-corrected chi connectivity index (χ1v) is 10.7. The molecule has 0 aliphatic carbocycles. The van der Waals surface area contributed by atoms with E-state index in [0.29, 0.717) is 39.3 Å². The Labute approximate surface area is 190 Å². The van der Waals surface area contributed by atoms with Gasteiger partial charge in [0, 0.05) is 25.9 Å². The number of carbonyl (C=O) groups is 1. The van der Waals surface area contributed by atoms with Gasteiger partial charge in [0.25, 0.3) is 0 Å². The van der Waals surface area contributed by atoms with Gasteiger partial charge in [0.15, 0.2) is 10.7 Å². The molecule has 32 heavy (non-hydrogen) atoms. The smallest absolute Gasteiger partial charge is 0.387 e. The Balaban J connectivity index is 2.54.